The number of methoxy groups -OCH3 is 1. The molecule has 0 aromatic heterocycles. The van der Waals surface area contributed by atoms with Crippen molar-refractivity contribution < 1.29 is 22.7 Å². The minimum atomic E-state index is -3.60. The molecule has 2 aromatic rings. The number of sulfonamides is 1. The summed E-state index contributed by atoms with van der Waals surface area (Å²) in [5, 5.41) is 2.69. The molecular weight excluding hydrogens is 380 g/mol. The number of benzene rings is 2. The molecule has 0 heterocycles. The number of hydrogen-bond donors (Lipinski definition) is 1. The molecule has 7 nitrogen and oxygen atoms in total. The first kappa shape index (κ1) is 21.6. The van der Waals surface area contributed by atoms with Crippen LogP contribution < -0.4 is 19.1 Å². The molecule has 0 aliphatic carbocycles. The molecule has 0 aliphatic heterocycles. The first-order valence-corrected chi connectivity index (χ1v) is 10.6. The van der Waals surface area contributed by atoms with Gasteiger partial charge in [-0.3, -0.25) is 9.10 Å². The van der Waals surface area contributed by atoms with Crippen LogP contribution in [-0.2, 0) is 14.8 Å². The average molecular weight is 407 g/mol. The predicted molar refractivity (Wildman–Crippen MR) is 110 cm³/mol. The van der Waals surface area contributed by atoms with Crippen molar-refractivity contribution in [1.29, 1.82) is 0 Å². The molecule has 0 fully saturated rings. The van der Waals surface area contributed by atoms with Gasteiger partial charge in [0.2, 0.25) is 15.9 Å². The minimum absolute atomic E-state index is 0.259. The Morgan fingerprint density at radius 3 is 2.32 bits per heavy atom. The van der Waals surface area contributed by atoms with E-state index >= 15 is 0 Å². The van der Waals surface area contributed by atoms with Crippen molar-refractivity contribution in [2.45, 2.75) is 13.8 Å². The molecular formula is C20H26N2O5S. The van der Waals surface area contributed by atoms with Crippen molar-refractivity contribution in [2.24, 2.45) is 0 Å². The predicted octanol–water partition coefficient (Wildman–Crippen LogP) is 2.27. The van der Waals surface area contributed by atoms with Gasteiger partial charge in [-0.25, -0.2) is 8.42 Å². The van der Waals surface area contributed by atoms with Gasteiger partial charge in [-0.15, -0.1) is 0 Å². The second kappa shape index (κ2) is 9.45. The second-order valence-corrected chi connectivity index (χ2v) is 8.34. The van der Waals surface area contributed by atoms with Crippen LogP contribution in [0.1, 0.15) is 11.1 Å². The Labute approximate surface area is 166 Å². The van der Waals surface area contributed by atoms with E-state index in [9.17, 15) is 13.2 Å². The molecule has 2 rings (SSSR count). The van der Waals surface area contributed by atoms with Crippen LogP contribution >= 0.6 is 0 Å². The fourth-order valence-corrected chi connectivity index (χ4v) is 3.49. The van der Waals surface area contributed by atoms with Crippen molar-refractivity contribution in [3.05, 3.63) is 53.6 Å². The number of amides is 1. The zero-order valence-electron chi connectivity index (χ0n) is 16.6. The Morgan fingerprint density at radius 2 is 1.71 bits per heavy atom. The molecule has 0 bridgehead atoms. The summed E-state index contributed by atoms with van der Waals surface area (Å²) in [6, 6.07) is 12.6. The van der Waals surface area contributed by atoms with Crippen LogP contribution in [0, 0.1) is 13.8 Å². The summed E-state index contributed by atoms with van der Waals surface area (Å²) in [4.78, 5) is 12.3. The minimum Gasteiger partial charge on any atom is -0.497 e. The quantitative estimate of drug-likeness (QED) is 0.646. The second-order valence-electron chi connectivity index (χ2n) is 6.43. The van der Waals surface area contributed by atoms with Crippen molar-refractivity contribution in [1.82, 2.24) is 5.32 Å². The van der Waals surface area contributed by atoms with Gasteiger partial charge < -0.3 is 14.8 Å². The third-order valence-corrected chi connectivity index (χ3v) is 5.20. The SMILES string of the molecule is COc1ccc(OCCNC(=O)CN(c2cc(C)ccc2C)S(C)(=O)=O)cc1. The number of ether oxygens (including phenoxy) is 2. The number of carbonyl (C=O) groups is 1. The van der Waals surface area contributed by atoms with Crippen LogP contribution in [0.3, 0.4) is 0 Å². The van der Waals surface area contributed by atoms with Gasteiger partial charge in [-0.2, -0.15) is 0 Å². The first-order valence-electron chi connectivity index (χ1n) is 8.79. The van der Waals surface area contributed by atoms with E-state index in [-0.39, 0.29) is 19.7 Å². The molecule has 0 unspecified atom stereocenters. The van der Waals surface area contributed by atoms with E-state index in [2.05, 4.69) is 5.32 Å². The molecule has 0 saturated heterocycles. The zero-order valence-corrected chi connectivity index (χ0v) is 17.4. The maximum atomic E-state index is 12.3. The molecule has 0 aliphatic rings. The van der Waals surface area contributed by atoms with Crippen LogP contribution in [0.5, 0.6) is 11.5 Å². The molecule has 1 N–H and O–H groups in total. The maximum absolute atomic E-state index is 12.3. The van der Waals surface area contributed by atoms with Crippen molar-refractivity contribution in [3.63, 3.8) is 0 Å². The first-order chi connectivity index (χ1) is 13.2. The summed E-state index contributed by atoms with van der Waals surface area (Å²) in [5.41, 5.74) is 2.21. The Kier molecular flexibility index (Phi) is 7.28. The van der Waals surface area contributed by atoms with E-state index in [0.29, 0.717) is 11.4 Å². The lowest BCUT2D eigenvalue weighted by molar-refractivity contribution is -0.119. The fourth-order valence-electron chi connectivity index (χ4n) is 2.59. The number of nitrogens with zero attached hydrogens (tertiary/aromatic N) is 1. The Bertz CT molecular complexity index is 911. The third kappa shape index (κ3) is 6.16. The molecule has 28 heavy (non-hydrogen) atoms. The van der Waals surface area contributed by atoms with Gasteiger partial charge in [0.1, 0.15) is 24.7 Å². The molecule has 152 valence electrons. The van der Waals surface area contributed by atoms with E-state index in [1.54, 1.807) is 37.4 Å². The summed E-state index contributed by atoms with van der Waals surface area (Å²) in [6.07, 6.45) is 1.09. The van der Waals surface area contributed by atoms with Crippen LogP contribution in [-0.4, -0.2) is 47.4 Å². The number of rotatable bonds is 9. The highest BCUT2D eigenvalue weighted by atomic mass is 32.2. The van der Waals surface area contributed by atoms with Crippen molar-refractivity contribution in [3.8, 4) is 11.5 Å². The van der Waals surface area contributed by atoms with Crippen LogP contribution in [0.2, 0.25) is 0 Å². The summed E-state index contributed by atoms with van der Waals surface area (Å²) in [6.45, 7) is 3.93. The lowest BCUT2D eigenvalue weighted by Crippen LogP contribution is -2.41. The molecule has 1 amide bonds. The Balaban J connectivity index is 1.92. The fraction of sp³-hybridized carbons (Fsp3) is 0.350. The lowest BCUT2D eigenvalue weighted by atomic mass is 10.1. The molecule has 0 saturated carbocycles. The van der Waals surface area contributed by atoms with Crippen LogP contribution in [0.25, 0.3) is 0 Å². The molecule has 2 aromatic carbocycles. The number of hydrogen-bond acceptors (Lipinski definition) is 5. The van der Waals surface area contributed by atoms with E-state index in [1.807, 2.05) is 26.0 Å². The summed E-state index contributed by atoms with van der Waals surface area (Å²) in [5.74, 6) is 0.987. The molecule has 0 spiro atoms. The van der Waals surface area contributed by atoms with E-state index in [4.69, 9.17) is 9.47 Å². The number of nitrogens with one attached hydrogen (secondary N) is 1. The third-order valence-electron chi connectivity index (χ3n) is 4.07. The number of aryl methyl sites for hydroxylation is 2. The zero-order chi connectivity index (χ0) is 20.7. The average Bonchev–Trinajstić information content (AvgIpc) is 2.65. The monoisotopic (exact) mass is 406 g/mol. The maximum Gasteiger partial charge on any atom is 0.240 e. The summed E-state index contributed by atoms with van der Waals surface area (Å²) < 4.78 is 36.2. The van der Waals surface area contributed by atoms with Gasteiger partial charge in [0.05, 0.1) is 25.6 Å². The summed E-state index contributed by atoms with van der Waals surface area (Å²) >= 11 is 0. The van der Waals surface area contributed by atoms with Gasteiger partial charge in [-0.05, 0) is 55.3 Å². The lowest BCUT2D eigenvalue weighted by Gasteiger charge is -2.24. The highest BCUT2D eigenvalue weighted by Crippen LogP contribution is 2.23. The van der Waals surface area contributed by atoms with Gasteiger partial charge >= 0.3 is 0 Å². The van der Waals surface area contributed by atoms with Crippen molar-refractivity contribution in [2.75, 3.05) is 37.4 Å². The van der Waals surface area contributed by atoms with Crippen molar-refractivity contribution >= 4 is 21.6 Å². The van der Waals surface area contributed by atoms with Gasteiger partial charge in [0.25, 0.3) is 0 Å². The van der Waals surface area contributed by atoms with Gasteiger partial charge in [0.15, 0.2) is 0 Å². The Hall–Kier alpha value is -2.74. The summed E-state index contributed by atoms with van der Waals surface area (Å²) in [7, 11) is -2.02. The standard InChI is InChI=1S/C20H26N2O5S/c1-15-5-6-16(2)19(13-15)22(28(4,24)25)14-20(23)21-11-12-27-18-9-7-17(26-3)8-10-18/h5-10,13H,11-12,14H2,1-4H3,(H,21,23). The van der Waals surface area contributed by atoms with E-state index in [1.165, 1.54) is 0 Å². The highest BCUT2D eigenvalue weighted by molar-refractivity contribution is 7.92. The smallest absolute Gasteiger partial charge is 0.240 e. The van der Waals surface area contributed by atoms with E-state index in [0.717, 1.165) is 27.4 Å². The largest absolute Gasteiger partial charge is 0.497 e. The van der Waals surface area contributed by atoms with E-state index < -0.39 is 15.9 Å². The molecule has 0 radical (unpaired) electrons. The van der Waals surface area contributed by atoms with Crippen LogP contribution in [0.15, 0.2) is 42.5 Å². The normalized spacial score (nSPS) is 11.0. The van der Waals surface area contributed by atoms with Gasteiger partial charge in [0, 0.05) is 0 Å². The Morgan fingerprint density at radius 1 is 1.07 bits per heavy atom. The highest BCUT2D eigenvalue weighted by Gasteiger charge is 2.22. The topological polar surface area (TPSA) is 84.9 Å². The van der Waals surface area contributed by atoms with Crippen LogP contribution in [0.4, 0.5) is 5.69 Å². The molecule has 8 heteroatoms. The molecule has 0 atom stereocenters. The number of carbonyl (C=O) groups excluding carboxylic acids is 1. The van der Waals surface area contributed by atoms with Gasteiger partial charge in [-0.1, -0.05) is 12.1 Å². The number of anilines is 1.